The van der Waals surface area contributed by atoms with Crippen LogP contribution in [0.1, 0.15) is 11.1 Å². The summed E-state index contributed by atoms with van der Waals surface area (Å²) < 4.78 is 0. The van der Waals surface area contributed by atoms with Gasteiger partial charge >= 0.3 is 0 Å². The van der Waals surface area contributed by atoms with E-state index >= 15 is 0 Å². The van der Waals surface area contributed by atoms with Crippen molar-refractivity contribution in [3.8, 4) is 6.07 Å². The Balaban J connectivity index is 1.77. The first kappa shape index (κ1) is 20.2. The van der Waals surface area contributed by atoms with E-state index in [-0.39, 0.29) is 5.57 Å². The van der Waals surface area contributed by atoms with Gasteiger partial charge < -0.3 is 10.6 Å². The van der Waals surface area contributed by atoms with Gasteiger partial charge in [-0.2, -0.15) is 5.26 Å². The number of carbonyl (C=O) groups is 1. The van der Waals surface area contributed by atoms with Crippen LogP contribution in [0.4, 0.5) is 11.4 Å². The lowest BCUT2D eigenvalue weighted by Gasteiger charge is -2.12. The summed E-state index contributed by atoms with van der Waals surface area (Å²) in [5.74, 6) is -0.452. The average molecular weight is 400 g/mol. The number of anilines is 2. The molecule has 0 radical (unpaired) electrons. The van der Waals surface area contributed by atoms with Gasteiger partial charge in [-0.05, 0) is 49.2 Å². The van der Waals surface area contributed by atoms with Crippen LogP contribution in [-0.2, 0) is 4.79 Å². The zero-order valence-electron chi connectivity index (χ0n) is 16.3. The Labute approximate surface area is 175 Å². The zero-order valence-corrected chi connectivity index (χ0v) is 17.1. The second-order valence-electron chi connectivity index (χ2n) is 6.45. The fraction of sp³-hybridized carbons (Fsp3) is 0.0833. The van der Waals surface area contributed by atoms with Crippen molar-refractivity contribution < 1.29 is 4.79 Å². The molecule has 3 rings (SSSR count). The summed E-state index contributed by atoms with van der Waals surface area (Å²) in [7, 11) is 0. The zero-order chi connectivity index (χ0) is 20.6. The van der Waals surface area contributed by atoms with E-state index in [9.17, 15) is 10.1 Å². The van der Waals surface area contributed by atoms with E-state index in [1.807, 2.05) is 92.7 Å². The van der Waals surface area contributed by atoms with Crippen LogP contribution in [0.2, 0.25) is 0 Å². The SMILES string of the molecule is Cc1cccc(C)c1N/C=C(/C#N)C(=O)Nc1ccccc1Sc1ccccc1. The van der Waals surface area contributed by atoms with Crippen molar-refractivity contribution in [2.75, 3.05) is 10.6 Å². The van der Waals surface area contributed by atoms with Crippen LogP contribution < -0.4 is 10.6 Å². The Morgan fingerprint density at radius 1 is 0.931 bits per heavy atom. The van der Waals surface area contributed by atoms with Crippen molar-refractivity contribution in [2.24, 2.45) is 0 Å². The maximum absolute atomic E-state index is 12.7. The molecule has 0 spiro atoms. The first-order chi connectivity index (χ1) is 14.1. The highest BCUT2D eigenvalue weighted by molar-refractivity contribution is 7.99. The molecule has 0 aromatic heterocycles. The fourth-order valence-corrected chi connectivity index (χ4v) is 3.72. The van der Waals surface area contributed by atoms with E-state index in [0.717, 1.165) is 26.6 Å². The molecule has 0 aliphatic heterocycles. The lowest BCUT2D eigenvalue weighted by molar-refractivity contribution is -0.112. The molecule has 0 heterocycles. The number of amides is 1. The number of aryl methyl sites for hydroxylation is 2. The molecule has 144 valence electrons. The van der Waals surface area contributed by atoms with E-state index < -0.39 is 5.91 Å². The first-order valence-corrected chi connectivity index (χ1v) is 9.96. The molecule has 0 fully saturated rings. The van der Waals surface area contributed by atoms with Gasteiger partial charge in [-0.3, -0.25) is 4.79 Å². The van der Waals surface area contributed by atoms with Crippen LogP contribution in [0.3, 0.4) is 0 Å². The van der Waals surface area contributed by atoms with Crippen LogP contribution in [0.25, 0.3) is 0 Å². The predicted octanol–water partition coefficient (Wildman–Crippen LogP) is 5.91. The van der Waals surface area contributed by atoms with E-state index in [2.05, 4.69) is 10.6 Å². The third kappa shape index (κ3) is 5.28. The predicted molar refractivity (Wildman–Crippen MR) is 119 cm³/mol. The average Bonchev–Trinajstić information content (AvgIpc) is 2.72. The maximum Gasteiger partial charge on any atom is 0.267 e. The number of carbonyl (C=O) groups excluding carboxylic acids is 1. The Bertz CT molecular complexity index is 1060. The monoisotopic (exact) mass is 399 g/mol. The summed E-state index contributed by atoms with van der Waals surface area (Å²) in [5.41, 5.74) is 3.66. The van der Waals surface area contributed by atoms with Crippen molar-refractivity contribution in [2.45, 2.75) is 23.6 Å². The van der Waals surface area contributed by atoms with Crippen molar-refractivity contribution in [3.05, 3.63) is 95.7 Å². The molecule has 2 N–H and O–H groups in total. The molecule has 0 aliphatic rings. The van der Waals surface area contributed by atoms with Gasteiger partial charge in [0.15, 0.2) is 0 Å². The smallest absolute Gasteiger partial charge is 0.267 e. The van der Waals surface area contributed by atoms with Crippen LogP contribution >= 0.6 is 11.8 Å². The lowest BCUT2D eigenvalue weighted by atomic mass is 10.1. The second kappa shape index (κ2) is 9.63. The summed E-state index contributed by atoms with van der Waals surface area (Å²) in [6.45, 7) is 3.96. The van der Waals surface area contributed by atoms with Crippen LogP contribution in [-0.4, -0.2) is 5.91 Å². The number of rotatable bonds is 6. The van der Waals surface area contributed by atoms with E-state index in [4.69, 9.17) is 0 Å². The summed E-state index contributed by atoms with van der Waals surface area (Å²) in [5, 5.41) is 15.4. The minimum absolute atomic E-state index is 0.00664. The molecular formula is C24H21N3OS. The van der Waals surface area contributed by atoms with Gasteiger partial charge in [0.05, 0.1) is 5.69 Å². The number of benzene rings is 3. The Morgan fingerprint density at radius 3 is 2.28 bits per heavy atom. The van der Waals surface area contributed by atoms with E-state index in [1.165, 1.54) is 6.20 Å². The molecule has 0 bridgehead atoms. The minimum Gasteiger partial charge on any atom is -0.360 e. The molecule has 3 aromatic carbocycles. The third-order valence-corrected chi connectivity index (χ3v) is 5.40. The molecule has 1 amide bonds. The Morgan fingerprint density at radius 2 is 1.59 bits per heavy atom. The van der Waals surface area contributed by atoms with Crippen molar-refractivity contribution in [1.82, 2.24) is 0 Å². The number of nitriles is 1. The number of nitrogens with zero attached hydrogens (tertiary/aromatic N) is 1. The van der Waals surface area contributed by atoms with E-state index in [0.29, 0.717) is 5.69 Å². The molecule has 0 aliphatic carbocycles. The largest absolute Gasteiger partial charge is 0.360 e. The third-order valence-electron chi connectivity index (χ3n) is 4.31. The highest BCUT2D eigenvalue weighted by Gasteiger charge is 2.13. The van der Waals surface area contributed by atoms with Gasteiger partial charge in [-0.25, -0.2) is 0 Å². The standard InChI is InChI=1S/C24H21N3OS/c1-17-9-8-10-18(2)23(17)26-16-19(15-25)24(28)27-21-13-6-7-14-22(21)29-20-11-4-3-5-12-20/h3-14,16,26H,1-2H3,(H,27,28)/b19-16-. The van der Waals surface area contributed by atoms with E-state index in [1.54, 1.807) is 11.8 Å². The van der Waals surface area contributed by atoms with Crippen LogP contribution in [0.5, 0.6) is 0 Å². The van der Waals surface area contributed by atoms with Crippen molar-refractivity contribution in [1.29, 1.82) is 5.26 Å². The molecule has 0 atom stereocenters. The summed E-state index contributed by atoms with van der Waals surface area (Å²) in [4.78, 5) is 14.7. The van der Waals surface area contributed by atoms with Gasteiger partial charge in [-0.1, -0.05) is 60.3 Å². The quantitative estimate of drug-likeness (QED) is 0.399. The van der Waals surface area contributed by atoms with Crippen molar-refractivity contribution in [3.63, 3.8) is 0 Å². The van der Waals surface area contributed by atoms with Gasteiger partial charge in [0.2, 0.25) is 0 Å². The first-order valence-electron chi connectivity index (χ1n) is 9.15. The summed E-state index contributed by atoms with van der Waals surface area (Å²) in [6, 6.07) is 25.4. The summed E-state index contributed by atoms with van der Waals surface area (Å²) in [6.07, 6.45) is 1.46. The fourth-order valence-electron chi connectivity index (χ4n) is 2.80. The van der Waals surface area contributed by atoms with Gasteiger partial charge in [0.25, 0.3) is 5.91 Å². The molecule has 0 saturated carbocycles. The topological polar surface area (TPSA) is 64.9 Å². The van der Waals surface area contributed by atoms with Gasteiger partial charge in [0, 0.05) is 21.7 Å². The Hall–Kier alpha value is -3.49. The second-order valence-corrected chi connectivity index (χ2v) is 7.56. The van der Waals surface area contributed by atoms with Crippen LogP contribution in [0.15, 0.2) is 94.4 Å². The molecular weight excluding hydrogens is 378 g/mol. The van der Waals surface area contributed by atoms with Crippen molar-refractivity contribution >= 4 is 29.0 Å². The highest BCUT2D eigenvalue weighted by atomic mass is 32.2. The Kier molecular flexibility index (Phi) is 6.72. The number of para-hydroxylation sites is 2. The van der Waals surface area contributed by atoms with Gasteiger partial charge in [-0.15, -0.1) is 0 Å². The van der Waals surface area contributed by atoms with Crippen LogP contribution in [0, 0.1) is 25.2 Å². The summed E-state index contributed by atoms with van der Waals surface area (Å²) >= 11 is 1.56. The maximum atomic E-state index is 12.7. The lowest BCUT2D eigenvalue weighted by Crippen LogP contribution is -2.15. The molecule has 0 saturated heterocycles. The molecule has 4 nitrogen and oxygen atoms in total. The van der Waals surface area contributed by atoms with Gasteiger partial charge in [0.1, 0.15) is 11.6 Å². The molecule has 0 unspecified atom stereocenters. The number of hydrogen-bond acceptors (Lipinski definition) is 4. The molecule has 5 heteroatoms. The highest BCUT2D eigenvalue weighted by Crippen LogP contribution is 2.33. The molecule has 3 aromatic rings. The number of hydrogen-bond donors (Lipinski definition) is 2. The normalized spacial score (nSPS) is 10.9. The number of nitrogens with one attached hydrogen (secondary N) is 2. The minimum atomic E-state index is -0.452. The molecule has 29 heavy (non-hydrogen) atoms.